The van der Waals surface area contributed by atoms with Crippen LogP contribution in [0.2, 0.25) is 10.0 Å². The van der Waals surface area contributed by atoms with Crippen LogP contribution >= 0.6 is 23.2 Å². The van der Waals surface area contributed by atoms with Gasteiger partial charge in [-0.25, -0.2) is 4.98 Å². The van der Waals surface area contributed by atoms with Crippen molar-refractivity contribution in [2.45, 2.75) is 19.9 Å². The van der Waals surface area contributed by atoms with Gasteiger partial charge in [-0.3, -0.25) is 0 Å². The highest BCUT2D eigenvalue weighted by Gasteiger charge is 2.08. The van der Waals surface area contributed by atoms with Crippen LogP contribution in [0.1, 0.15) is 19.9 Å². The van der Waals surface area contributed by atoms with Crippen molar-refractivity contribution in [3.05, 3.63) is 40.6 Å². The fourth-order valence-electron chi connectivity index (χ4n) is 1.54. The quantitative estimate of drug-likeness (QED) is 0.888. The summed E-state index contributed by atoms with van der Waals surface area (Å²) in [6, 6.07) is 5.63. The van der Waals surface area contributed by atoms with E-state index in [2.05, 4.69) is 24.1 Å². The first-order valence-corrected chi connectivity index (χ1v) is 6.08. The highest BCUT2D eigenvalue weighted by atomic mass is 35.5. The lowest BCUT2D eigenvalue weighted by atomic mass is 10.3. The van der Waals surface area contributed by atoms with Gasteiger partial charge >= 0.3 is 0 Å². The molecule has 1 aromatic carbocycles. The van der Waals surface area contributed by atoms with E-state index in [-0.39, 0.29) is 0 Å². The summed E-state index contributed by atoms with van der Waals surface area (Å²) < 4.78 is 2.03. The molecule has 0 spiro atoms. The predicted molar refractivity (Wildman–Crippen MR) is 72.4 cm³/mol. The maximum Gasteiger partial charge on any atom is 0.207 e. The van der Waals surface area contributed by atoms with Gasteiger partial charge in [0.15, 0.2) is 0 Å². The van der Waals surface area contributed by atoms with Gasteiger partial charge in [0.25, 0.3) is 0 Å². The molecule has 1 N–H and O–H groups in total. The van der Waals surface area contributed by atoms with E-state index in [9.17, 15) is 0 Å². The van der Waals surface area contributed by atoms with Crippen LogP contribution in [0.3, 0.4) is 0 Å². The maximum atomic E-state index is 6.09. The zero-order chi connectivity index (χ0) is 12.4. The van der Waals surface area contributed by atoms with Crippen LogP contribution in [0.4, 0.5) is 11.6 Å². The number of aromatic nitrogens is 2. The number of nitrogens with one attached hydrogen (secondary N) is 1. The third-order valence-electron chi connectivity index (χ3n) is 2.40. The molecule has 90 valence electrons. The second-order valence-electron chi connectivity index (χ2n) is 4.00. The molecule has 0 unspecified atom stereocenters. The monoisotopic (exact) mass is 269 g/mol. The van der Waals surface area contributed by atoms with Gasteiger partial charge < -0.3 is 9.88 Å². The number of benzene rings is 1. The van der Waals surface area contributed by atoms with Crippen molar-refractivity contribution < 1.29 is 0 Å². The Bertz CT molecular complexity index is 520. The molecule has 0 aliphatic rings. The van der Waals surface area contributed by atoms with E-state index < -0.39 is 0 Å². The second kappa shape index (κ2) is 4.98. The van der Waals surface area contributed by atoms with Crippen LogP contribution in [-0.4, -0.2) is 9.55 Å². The summed E-state index contributed by atoms with van der Waals surface area (Å²) >= 11 is 12.0. The maximum absolute atomic E-state index is 6.09. The Kier molecular flexibility index (Phi) is 3.60. The Morgan fingerprint density at radius 3 is 2.76 bits per heavy atom. The molecule has 0 saturated carbocycles. The van der Waals surface area contributed by atoms with E-state index in [1.54, 1.807) is 24.4 Å². The summed E-state index contributed by atoms with van der Waals surface area (Å²) in [4.78, 5) is 4.25. The second-order valence-corrected chi connectivity index (χ2v) is 4.84. The van der Waals surface area contributed by atoms with Gasteiger partial charge in [0.2, 0.25) is 5.95 Å². The van der Waals surface area contributed by atoms with Crippen molar-refractivity contribution in [1.82, 2.24) is 9.55 Å². The van der Waals surface area contributed by atoms with E-state index in [0.717, 1.165) is 11.6 Å². The molecule has 0 atom stereocenters. The summed E-state index contributed by atoms with van der Waals surface area (Å²) in [6.45, 7) is 4.18. The van der Waals surface area contributed by atoms with Gasteiger partial charge in [-0.1, -0.05) is 23.2 Å². The summed E-state index contributed by atoms with van der Waals surface area (Å²) in [7, 11) is 0. The number of anilines is 2. The minimum atomic E-state index is 0.331. The van der Waals surface area contributed by atoms with Gasteiger partial charge in [-0.2, -0.15) is 0 Å². The van der Waals surface area contributed by atoms with Crippen LogP contribution in [0, 0.1) is 0 Å². The Morgan fingerprint density at radius 1 is 1.29 bits per heavy atom. The molecule has 2 aromatic rings. The lowest BCUT2D eigenvalue weighted by Gasteiger charge is -2.13. The van der Waals surface area contributed by atoms with Crippen molar-refractivity contribution in [2.24, 2.45) is 0 Å². The number of hydrogen-bond donors (Lipinski definition) is 1. The topological polar surface area (TPSA) is 29.9 Å². The summed E-state index contributed by atoms with van der Waals surface area (Å²) in [6.07, 6.45) is 3.67. The standard InChI is InChI=1S/C12H13Cl2N3/c1-8(2)17-6-5-15-12(17)16-11-7-9(13)3-4-10(11)14/h3-8H,1-2H3,(H,15,16). The third kappa shape index (κ3) is 2.73. The first-order valence-electron chi connectivity index (χ1n) is 5.33. The fraction of sp³-hybridized carbons (Fsp3) is 0.250. The SMILES string of the molecule is CC(C)n1ccnc1Nc1cc(Cl)ccc1Cl. The Labute approximate surface area is 110 Å². The summed E-state index contributed by atoms with van der Waals surface area (Å²) in [5.41, 5.74) is 0.757. The molecule has 0 saturated heterocycles. The van der Waals surface area contributed by atoms with E-state index in [0.29, 0.717) is 16.1 Å². The van der Waals surface area contributed by atoms with Crippen LogP contribution in [0.25, 0.3) is 0 Å². The molecule has 0 radical (unpaired) electrons. The highest BCUT2D eigenvalue weighted by Crippen LogP contribution is 2.28. The minimum absolute atomic E-state index is 0.331. The predicted octanol–water partition coefficient (Wildman–Crippen LogP) is 4.51. The van der Waals surface area contributed by atoms with E-state index >= 15 is 0 Å². The minimum Gasteiger partial charge on any atom is -0.324 e. The van der Waals surface area contributed by atoms with Crippen LogP contribution < -0.4 is 5.32 Å². The zero-order valence-electron chi connectivity index (χ0n) is 9.61. The van der Waals surface area contributed by atoms with Gasteiger partial charge in [-0.05, 0) is 32.0 Å². The molecule has 2 rings (SSSR count). The Morgan fingerprint density at radius 2 is 2.06 bits per heavy atom. The number of hydrogen-bond acceptors (Lipinski definition) is 2. The van der Waals surface area contributed by atoms with Gasteiger partial charge in [0.05, 0.1) is 10.7 Å². The molecule has 0 amide bonds. The summed E-state index contributed by atoms with van der Waals surface area (Å²) in [5.74, 6) is 0.754. The molecular weight excluding hydrogens is 257 g/mol. The van der Waals surface area contributed by atoms with Crippen molar-refractivity contribution in [3.8, 4) is 0 Å². The number of nitrogens with zero attached hydrogens (tertiary/aromatic N) is 2. The molecule has 0 aliphatic heterocycles. The zero-order valence-corrected chi connectivity index (χ0v) is 11.1. The molecule has 0 bridgehead atoms. The number of halogens is 2. The number of rotatable bonds is 3. The third-order valence-corrected chi connectivity index (χ3v) is 2.96. The molecule has 0 aliphatic carbocycles. The van der Waals surface area contributed by atoms with Crippen LogP contribution in [0.5, 0.6) is 0 Å². The molecule has 0 fully saturated rings. The fourth-order valence-corrected chi connectivity index (χ4v) is 1.88. The molecule has 17 heavy (non-hydrogen) atoms. The Balaban J connectivity index is 2.31. The Hall–Kier alpha value is -1.19. The molecule has 1 aromatic heterocycles. The average molecular weight is 270 g/mol. The van der Waals surface area contributed by atoms with Crippen LogP contribution in [-0.2, 0) is 0 Å². The van der Waals surface area contributed by atoms with Crippen molar-refractivity contribution in [1.29, 1.82) is 0 Å². The van der Waals surface area contributed by atoms with Gasteiger partial charge in [0.1, 0.15) is 0 Å². The average Bonchev–Trinajstić information content (AvgIpc) is 2.71. The van der Waals surface area contributed by atoms with Crippen molar-refractivity contribution in [2.75, 3.05) is 5.32 Å². The smallest absolute Gasteiger partial charge is 0.207 e. The first-order chi connectivity index (χ1) is 8.08. The van der Waals surface area contributed by atoms with E-state index in [1.807, 2.05) is 10.8 Å². The van der Waals surface area contributed by atoms with E-state index in [4.69, 9.17) is 23.2 Å². The first kappa shape index (κ1) is 12.3. The highest BCUT2D eigenvalue weighted by molar-refractivity contribution is 6.35. The molecule has 3 nitrogen and oxygen atoms in total. The van der Waals surface area contributed by atoms with Crippen molar-refractivity contribution in [3.63, 3.8) is 0 Å². The van der Waals surface area contributed by atoms with Crippen LogP contribution in [0.15, 0.2) is 30.6 Å². The molecular formula is C12H13Cl2N3. The normalized spacial score (nSPS) is 10.9. The molecule has 1 heterocycles. The largest absolute Gasteiger partial charge is 0.324 e. The van der Waals surface area contributed by atoms with Crippen molar-refractivity contribution >= 4 is 34.8 Å². The van der Waals surface area contributed by atoms with Gasteiger partial charge in [0, 0.05) is 23.5 Å². The summed E-state index contributed by atoms with van der Waals surface area (Å²) in [5, 5.41) is 4.44. The number of imidazole rings is 1. The molecule has 5 heteroatoms. The van der Waals surface area contributed by atoms with Gasteiger partial charge in [-0.15, -0.1) is 0 Å². The lowest BCUT2D eigenvalue weighted by Crippen LogP contribution is -2.05. The lowest BCUT2D eigenvalue weighted by molar-refractivity contribution is 0.608. The van der Waals surface area contributed by atoms with E-state index in [1.165, 1.54) is 0 Å².